The molecule has 1 aromatic carbocycles. The molecule has 0 saturated carbocycles. The molecule has 2 heteroatoms. The Morgan fingerprint density at radius 2 is 1.81 bits per heavy atom. The predicted octanol–water partition coefficient (Wildman–Crippen LogP) is 3.80. The second-order valence-corrected chi connectivity index (χ2v) is 5.79. The zero-order valence-electron chi connectivity index (χ0n) is 10.6. The van der Waals surface area contributed by atoms with Gasteiger partial charge in [0.25, 0.3) is 0 Å². The Morgan fingerprint density at radius 3 is 2.44 bits per heavy atom. The Balaban J connectivity index is 2.11. The molecule has 0 aromatic heterocycles. The van der Waals surface area contributed by atoms with Crippen molar-refractivity contribution >= 4 is 11.8 Å². The van der Waals surface area contributed by atoms with Crippen molar-refractivity contribution in [2.24, 2.45) is 5.92 Å². The first kappa shape index (κ1) is 13.6. The molecule has 0 aliphatic carbocycles. The summed E-state index contributed by atoms with van der Waals surface area (Å²) in [5.74, 6) is 1.98. The summed E-state index contributed by atoms with van der Waals surface area (Å²) in [5, 5.41) is 3.48. The van der Waals surface area contributed by atoms with E-state index in [0.29, 0.717) is 6.04 Å². The Hall–Kier alpha value is -0.470. The van der Waals surface area contributed by atoms with E-state index >= 15 is 0 Å². The van der Waals surface area contributed by atoms with Gasteiger partial charge in [-0.15, -0.1) is 11.8 Å². The standard InChI is InChI=1S/C14H23NS/c1-12(2)15-11-13(3)9-10-16-14-7-5-4-6-8-14/h4-8,12-13,15H,9-11H2,1-3H3. The van der Waals surface area contributed by atoms with Crippen LogP contribution in [0.5, 0.6) is 0 Å². The van der Waals surface area contributed by atoms with Gasteiger partial charge in [-0.25, -0.2) is 0 Å². The highest BCUT2D eigenvalue weighted by atomic mass is 32.2. The molecule has 90 valence electrons. The second-order valence-electron chi connectivity index (χ2n) is 4.62. The Labute approximate surface area is 104 Å². The number of hydrogen-bond acceptors (Lipinski definition) is 2. The minimum absolute atomic E-state index is 0.601. The normalized spacial score (nSPS) is 13.0. The van der Waals surface area contributed by atoms with E-state index < -0.39 is 0 Å². The van der Waals surface area contributed by atoms with Crippen molar-refractivity contribution in [3.05, 3.63) is 30.3 Å². The summed E-state index contributed by atoms with van der Waals surface area (Å²) in [6.45, 7) is 7.85. The lowest BCUT2D eigenvalue weighted by Crippen LogP contribution is -2.28. The third-order valence-electron chi connectivity index (χ3n) is 2.50. The third kappa shape index (κ3) is 6.19. The van der Waals surface area contributed by atoms with Crippen LogP contribution in [0.15, 0.2) is 35.2 Å². The van der Waals surface area contributed by atoms with Crippen LogP contribution in [0, 0.1) is 5.92 Å². The van der Waals surface area contributed by atoms with Crippen LogP contribution >= 0.6 is 11.8 Å². The molecule has 0 radical (unpaired) electrons. The van der Waals surface area contributed by atoms with Gasteiger partial charge >= 0.3 is 0 Å². The zero-order chi connectivity index (χ0) is 11.8. The molecule has 1 N–H and O–H groups in total. The molecule has 0 saturated heterocycles. The number of thioether (sulfide) groups is 1. The van der Waals surface area contributed by atoms with E-state index in [1.165, 1.54) is 17.1 Å². The van der Waals surface area contributed by atoms with Crippen molar-refractivity contribution in [1.82, 2.24) is 5.32 Å². The van der Waals surface area contributed by atoms with Crippen molar-refractivity contribution in [2.75, 3.05) is 12.3 Å². The summed E-state index contributed by atoms with van der Waals surface area (Å²) in [6, 6.07) is 11.2. The van der Waals surface area contributed by atoms with E-state index in [4.69, 9.17) is 0 Å². The molecule has 0 aliphatic rings. The van der Waals surface area contributed by atoms with Gasteiger partial charge in [-0.3, -0.25) is 0 Å². The quantitative estimate of drug-likeness (QED) is 0.724. The molecule has 0 bridgehead atoms. The predicted molar refractivity (Wildman–Crippen MR) is 74.1 cm³/mol. The highest BCUT2D eigenvalue weighted by molar-refractivity contribution is 7.99. The smallest absolute Gasteiger partial charge is 0.00719 e. The van der Waals surface area contributed by atoms with Crippen LogP contribution in [0.3, 0.4) is 0 Å². The lowest BCUT2D eigenvalue weighted by Gasteiger charge is -2.14. The number of nitrogens with one attached hydrogen (secondary N) is 1. The van der Waals surface area contributed by atoms with Gasteiger partial charge in [0, 0.05) is 10.9 Å². The summed E-state index contributed by atoms with van der Waals surface area (Å²) in [6.07, 6.45) is 1.28. The van der Waals surface area contributed by atoms with E-state index in [-0.39, 0.29) is 0 Å². The molecule has 0 aliphatic heterocycles. The van der Waals surface area contributed by atoms with Gasteiger partial charge in [0.15, 0.2) is 0 Å². The van der Waals surface area contributed by atoms with Gasteiger partial charge in [-0.05, 0) is 36.8 Å². The highest BCUT2D eigenvalue weighted by Crippen LogP contribution is 2.19. The fourth-order valence-electron chi connectivity index (χ4n) is 1.43. The SMILES string of the molecule is CC(CCSc1ccccc1)CNC(C)C. The van der Waals surface area contributed by atoms with E-state index in [1.807, 2.05) is 11.8 Å². The maximum Gasteiger partial charge on any atom is 0.00719 e. The van der Waals surface area contributed by atoms with Crippen LogP contribution in [0.4, 0.5) is 0 Å². The van der Waals surface area contributed by atoms with Crippen molar-refractivity contribution in [2.45, 2.75) is 38.1 Å². The lowest BCUT2D eigenvalue weighted by atomic mass is 10.1. The topological polar surface area (TPSA) is 12.0 Å². The fraction of sp³-hybridized carbons (Fsp3) is 0.571. The molecule has 0 heterocycles. The summed E-state index contributed by atoms with van der Waals surface area (Å²) in [5.41, 5.74) is 0. The molecule has 1 unspecified atom stereocenters. The van der Waals surface area contributed by atoms with Crippen LogP contribution < -0.4 is 5.32 Å². The van der Waals surface area contributed by atoms with E-state index in [0.717, 1.165) is 12.5 Å². The minimum Gasteiger partial charge on any atom is -0.314 e. The molecular weight excluding hydrogens is 214 g/mol. The Morgan fingerprint density at radius 1 is 1.12 bits per heavy atom. The fourth-order valence-corrected chi connectivity index (χ4v) is 2.54. The average Bonchev–Trinajstić information content (AvgIpc) is 2.28. The molecule has 1 aromatic rings. The molecule has 0 amide bonds. The minimum atomic E-state index is 0.601. The number of hydrogen-bond donors (Lipinski definition) is 1. The van der Waals surface area contributed by atoms with E-state index in [9.17, 15) is 0 Å². The first-order valence-electron chi connectivity index (χ1n) is 6.09. The highest BCUT2D eigenvalue weighted by Gasteiger charge is 2.03. The third-order valence-corrected chi connectivity index (χ3v) is 3.54. The summed E-state index contributed by atoms with van der Waals surface area (Å²) >= 11 is 1.96. The Bertz CT molecular complexity index is 271. The van der Waals surface area contributed by atoms with Gasteiger partial charge in [0.1, 0.15) is 0 Å². The van der Waals surface area contributed by atoms with Crippen LogP contribution in [-0.2, 0) is 0 Å². The first-order valence-corrected chi connectivity index (χ1v) is 7.08. The molecule has 16 heavy (non-hydrogen) atoms. The molecule has 0 spiro atoms. The lowest BCUT2D eigenvalue weighted by molar-refractivity contribution is 0.470. The van der Waals surface area contributed by atoms with Crippen molar-refractivity contribution < 1.29 is 0 Å². The van der Waals surface area contributed by atoms with Crippen molar-refractivity contribution in [3.63, 3.8) is 0 Å². The van der Waals surface area contributed by atoms with Crippen LogP contribution in [0.2, 0.25) is 0 Å². The maximum atomic E-state index is 3.48. The number of benzene rings is 1. The average molecular weight is 237 g/mol. The van der Waals surface area contributed by atoms with Gasteiger partial charge in [0.05, 0.1) is 0 Å². The molecule has 1 nitrogen and oxygen atoms in total. The number of rotatable bonds is 7. The Kier molecular flexibility index (Phi) is 6.58. The van der Waals surface area contributed by atoms with E-state index in [2.05, 4.69) is 56.4 Å². The van der Waals surface area contributed by atoms with Crippen LogP contribution in [-0.4, -0.2) is 18.3 Å². The summed E-state index contributed by atoms with van der Waals surface area (Å²) in [7, 11) is 0. The molecule has 1 rings (SSSR count). The molecule has 1 atom stereocenters. The van der Waals surface area contributed by atoms with Gasteiger partial charge in [0.2, 0.25) is 0 Å². The monoisotopic (exact) mass is 237 g/mol. The first-order chi connectivity index (χ1) is 7.68. The summed E-state index contributed by atoms with van der Waals surface area (Å²) < 4.78 is 0. The van der Waals surface area contributed by atoms with Gasteiger partial charge in [-0.1, -0.05) is 39.0 Å². The molecular formula is C14H23NS. The van der Waals surface area contributed by atoms with E-state index in [1.54, 1.807) is 0 Å². The van der Waals surface area contributed by atoms with Crippen LogP contribution in [0.1, 0.15) is 27.2 Å². The van der Waals surface area contributed by atoms with Gasteiger partial charge in [-0.2, -0.15) is 0 Å². The molecule has 0 fully saturated rings. The van der Waals surface area contributed by atoms with Crippen LogP contribution in [0.25, 0.3) is 0 Å². The largest absolute Gasteiger partial charge is 0.314 e. The zero-order valence-corrected chi connectivity index (χ0v) is 11.4. The van der Waals surface area contributed by atoms with Crippen molar-refractivity contribution in [3.8, 4) is 0 Å². The van der Waals surface area contributed by atoms with Gasteiger partial charge < -0.3 is 5.32 Å². The second kappa shape index (κ2) is 7.75. The maximum absolute atomic E-state index is 3.48. The summed E-state index contributed by atoms with van der Waals surface area (Å²) in [4.78, 5) is 1.38. The van der Waals surface area contributed by atoms with Crippen molar-refractivity contribution in [1.29, 1.82) is 0 Å².